The number of nitrogens with zero attached hydrogens (tertiary/aromatic N) is 1. The van der Waals surface area contributed by atoms with Crippen molar-refractivity contribution >= 4 is 5.69 Å². The number of anilines is 1. The lowest BCUT2D eigenvalue weighted by Crippen LogP contribution is -2.27. The van der Waals surface area contributed by atoms with E-state index in [4.69, 9.17) is 11.9 Å². The third-order valence-electron chi connectivity index (χ3n) is 2.89. The largest absolute Gasteiger partial charge is 0.399 e. The van der Waals surface area contributed by atoms with Crippen molar-refractivity contribution in [3.8, 4) is 0 Å². The Morgan fingerprint density at radius 2 is 2.62 bits per heavy atom. The first-order valence-electron chi connectivity index (χ1n) is 5.74. The topological polar surface area (TPSA) is 77.5 Å². The predicted molar refractivity (Wildman–Crippen MR) is 59.9 cm³/mol. The van der Waals surface area contributed by atoms with Gasteiger partial charge in [0.05, 0.1) is 12.7 Å². The highest BCUT2D eigenvalue weighted by atomic mass is 16.5. The van der Waals surface area contributed by atoms with Crippen molar-refractivity contribution in [3.05, 3.63) is 28.7 Å². The van der Waals surface area contributed by atoms with Crippen molar-refractivity contribution < 1.29 is 9.85 Å². The highest BCUT2D eigenvalue weighted by molar-refractivity contribution is 5.34. The molecule has 0 radical (unpaired) electrons. The quantitative estimate of drug-likeness (QED) is 0.778. The van der Waals surface area contributed by atoms with Crippen LogP contribution >= 0.6 is 0 Å². The van der Waals surface area contributed by atoms with Crippen molar-refractivity contribution in [1.29, 1.82) is 1.43 Å². The Hall–Kier alpha value is -1.33. The van der Waals surface area contributed by atoms with Crippen molar-refractivity contribution in [3.63, 3.8) is 0 Å². The molecule has 0 spiro atoms. The zero-order valence-corrected chi connectivity index (χ0v) is 9.13. The van der Waals surface area contributed by atoms with Gasteiger partial charge in [0.15, 0.2) is 0 Å². The smallest absolute Gasteiger partial charge is 0.254 e. The number of rotatable bonds is 3. The van der Waals surface area contributed by atoms with Gasteiger partial charge in [-0.15, -0.1) is 0 Å². The summed E-state index contributed by atoms with van der Waals surface area (Å²) in [5.74, 6) is 0.205. The highest BCUT2D eigenvalue weighted by Crippen LogP contribution is 2.32. The molecule has 0 aliphatic carbocycles. The van der Waals surface area contributed by atoms with Crippen LogP contribution in [0.3, 0.4) is 0 Å². The van der Waals surface area contributed by atoms with Gasteiger partial charge in [0.25, 0.3) is 5.56 Å². The van der Waals surface area contributed by atoms with E-state index in [1.807, 2.05) is 6.92 Å². The second kappa shape index (κ2) is 4.27. The van der Waals surface area contributed by atoms with E-state index in [1.165, 1.54) is 10.6 Å². The first-order valence-corrected chi connectivity index (χ1v) is 5.33. The number of aromatic nitrogens is 1. The summed E-state index contributed by atoms with van der Waals surface area (Å²) in [5.41, 5.74) is 5.81. The molecule has 1 saturated heterocycles. The predicted octanol–water partition coefficient (Wildman–Crippen LogP) is 0.346. The van der Waals surface area contributed by atoms with Crippen LogP contribution in [0.1, 0.15) is 19.6 Å². The average Bonchev–Trinajstić information content (AvgIpc) is 2.60. The minimum atomic E-state index is -0.303. The van der Waals surface area contributed by atoms with Crippen LogP contribution in [0.4, 0.5) is 5.69 Å². The maximum absolute atomic E-state index is 11.8. The highest BCUT2D eigenvalue weighted by Gasteiger charge is 2.33. The Kier molecular flexibility index (Phi) is 2.63. The van der Waals surface area contributed by atoms with E-state index in [2.05, 4.69) is 5.11 Å². The summed E-state index contributed by atoms with van der Waals surface area (Å²) in [6.07, 6.45) is 1.99. The van der Waals surface area contributed by atoms with E-state index in [0.717, 1.165) is 6.42 Å². The molecule has 0 bridgehead atoms. The fourth-order valence-electron chi connectivity index (χ4n) is 2.08. The lowest BCUT2D eigenvalue weighted by molar-refractivity contribution is -0.0329. The summed E-state index contributed by atoms with van der Waals surface area (Å²) in [4.78, 5) is 11.8. The number of aliphatic hydroxyl groups excluding tert-OH is 1. The van der Waals surface area contributed by atoms with E-state index < -0.39 is 0 Å². The molecule has 0 amide bonds. The zero-order valence-electron chi connectivity index (χ0n) is 10.1. The van der Waals surface area contributed by atoms with Crippen molar-refractivity contribution in [2.24, 2.45) is 5.92 Å². The third-order valence-corrected chi connectivity index (χ3v) is 2.89. The van der Waals surface area contributed by atoms with Gasteiger partial charge in [-0.2, -0.15) is 0 Å². The van der Waals surface area contributed by atoms with E-state index in [0.29, 0.717) is 5.69 Å². The minimum Gasteiger partial charge on any atom is -0.399 e. The normalized spacial score (nSPS) is 30.3. The number of nitrogens with two attached hydrogens (primary N) is 1. The van der Waals surface area contributed by atoms with Crippen LogP contribution in [0.2, 0.25) is 0 Å². The lowest BCUT2D eigenvalue weighted by atomic mass is 10.1. The molecule has 1 aliphatic heterocycles. The molecule has 3 N–H and O–H groups in total. The van der Waals surface area contributed by atoms with Gasteiger partial charge in [-0.05, 0) is 12.5 Å². The van der Waals surface area contributed by atoms with Gasteiger partial charge >= 0.3 is 0 Å². The van der Waals surface area contributed by atoms with Gasteiger partial charge in [-0.25, -0.2) is 0 Å². The van der Waals surface area contributed by atoms with Crippen LogP contribution in [0.5, 0.6) is 0 Å². The van der Waals surface area contributed by atoms with E-state index >= 15 is 0 Å². The van der Waals surface area contributed by atoms with Gasteiger partial charge in [-0.1, -0.05) is 6.92 Å². The van der Waals surface area contributed by atoms with Crippen LogP contribution in [-0.4, -0.2) is 23.8 Å². The molecule has 1 aliphatic rings. The Morgan fingerprint density at radius 1 is 1.81 bits per heavy atom. The number of ether oxygens (including phenoxy) is 1. The van der Waals surface area contributed by atoms with Crippen molar-refractivity contribution in [1.82, 2.24) is 4.57 Å². The molecule has 1 aromatic rings. The number of hydrogen-bond donors (Lipinski definition) is 2. The molecule has 2 rings (SSSR count). The second-order valence-electron chi connectivity index (χ2n) is 4.23. The molecular weight excluding hydrogens is 208 g/mol. The Bertz CT molecular complexity index is 449. The first kappa shape index (κ1) is 9.86. The summed E-state index contributed by atoms with van der Waals surface area (Å²) >= 11 is 0. The minimum absolute atomic E-state index is 0.128. The molecular formula is C11H16N2O3. The number of nitrogen functional groups attached to an aromatic ring is 1. The van der Waals surface area contributed by atoms with E-state index in [-0.39, 0.29) is 30.4 Å². The average molecular weight is 225 g/mol. The maximum atomic E-state index is 11.8. The molecule has 5 heteroatoms. The molecule has 0 unspecified atom stereocenters. The fraction of sp³-hybridized carbons (Fsp3) is 0.545. The lowest BCUT2D eigenvalue weighted by Gasteiger charge is -2.18. The van der Waals surface area contributed by atoms with Gasteiger partial charge < -0.3 is 15.6 Å². The first-order chi connectivity index (χ1) is 8.11. The van der Waals surface area contributed by atoms with Crippen LogP contribution in [0, 0.1) is 5.92 Å². The fourth-order valence-corrected chi connectivity index (χ4v) is 2.08. The maximum Gasteiger partial charge on any atom is 0.254 e. The summed E-state index contributed by atoms with van der Waals surface area (Å²) < 4.78 is 13.9. The third kappa shape index (κ3) is 1.96. The van der Waals surface area contributed by atoms with Crippen molar-refractivity contribution in [2.45, 2.75) is 25.7 Å². The van der Waals surface area contributed by atoms with Crippen LogP contribution in [-0.2, 0) is 4.74 Å². The zero-order chi connectivity index (χ0) is 12.4. The van der Waals surface area contributed by atoms with Gasteiger partial charge in [0, 0.05) is 23.9 Å². The second-order valence-corrected chi connectivity index (χ2v) is 4.23. The monoisotopic (exact) mass is 225 g/mol. The summed E-state index contributed by atoms with van der Waals surface area (Å²) in [7, 11) is 0. The molecule has 1 aromatic heterocycles. The Labute approximate surface area is 94.9 Å². The summed E-state index contributed by atoms with van der Waals surface area (Å²) in [6, 6.07) is 3.05. The van der Waals surface area contributed by atoms with Crippen LogP contribution in [0.15, 0.2) is 23.1 Å². The molecule has 1 fully saturated rings. The molecule has 0 saturated carbocycles. The van der Waals surface area contributed by atoms with Crippen LogP contribution in [0.25, 0.3) is 0 Å². The van der Waals surface area contributed by atoms with E-state index in [1.54, 1.807) is 12.3 Å². The van der Waals surface area contributed by atoms with Gasteiger partial charge in [0.2, 0.25) is 1.43 Å². The molecule has 2 heterocycles. The Balaban J connectivity index is 2.20. The standard InChI is InChI=1S/C11H16N2O3/c1-7-4-9(6-14)16-11(7)13-3-2-8(12)5-10(13)15/h2-3,5,7,9,11,14H,4,6,12H2,1H3/t7-,9-,11+/m0/s1/i14D. The summed E-state index contributed by atoms with van der Waals surface area (Å²) in [6.45, 7) is 2.24. The van der Waals surface area contributed by atoms with E-state index in [9.17, 15) is 4.79 Å². The van der Waals surface area contributed by atoms with Gasteiger partial charge in [0.1, 0.15) is 6.23 Å². The Morgan fingerprint density at radius 3 is 3.31 bits per heavy atom. The SMILES string of the molecule is [2H]OC[C@@H]1C[C@H](C)[C@H](n2ccc(N)cc2=O)O1. The number of hydrogen-bond acceptors (Lipinski definition) is 4. The molecule has 3 atom stereocenters. The van der Waals surface area contributed by atoms with Crippen molar-refractivity contribution in [2.75, 3.05) is 12.3 Å². The number of pyridine rings is 1. The van der Waals surface area contributed by atoms with Gasteiger partial charge in [-0.3, -0.25) is 9.36 Å². The van der Waals surface area contributed by atoms with Crippen LogP contribution < -0.4 is 11.3 Å². The molecule has 5 nitrogen and oxygen atoms in total. The molecule has 88 valence electrons. The number of aliphatic hydroxyl groups is 1. The molecule has 16 heavy (non-hydrogen) atoms. The summed E-state index contributed by atoms with van der Waals surface area (Å²) in [5, 5.41) is 4.33. The molecule has 0 aromatic carbocycles.